The van der Waals surface area contributed by atoms with Crippen LogP contribution in [-0.4, -0.2) is 11.8 Å². The number of hydrogen-bond donors (Lipinski definition) is 2. The molecule has 0 aliphatic rings. The Hall–Kier alpha value is -2.88. The summed E-state index contributed by atoms with van der Waals surface area (Å²) in [6, 6.07) is 16.4. The molecule has 0 unspecified atom stereocenters. The molecule has 0 aliphatic carbocycles. The van der Waals surface area contributed by atoms with Gasteiger partial charge in [0.15, 0.2) is 0 Å². The summed E-state index contributed by atoms with van der Waals surface area (Å²) >= 11 is 0. The fraction of sp³-hybridized carbons (Fsp3) is 0.0588. The molecule has 2 N–H and O–H groups in total. The fourth-order valence-electron chi connectivity index (χ4n) is 1.67. The SMILES string of the molecule is Cc1ccc(C=CC(=O)NNC(=O)c2ccccc2)cc1. The first-order valence-electron chi connectivity index (χ1n) is 6.55. The minimum atomic E-state index is -0.389. The van der Waals surface area contributed by atoms with Gasteiger partial charge in [0.25, 0.3) is 11.8 Å². The molecular formula is C17H16N2O2. The third kappa shape index (κ3) is 4.62. The Morgan fingerprint density at radius 1 is 0.905 bits per heavy atom. The Morgan fingerprint density at radius 3 is 2.24 bits per heavy atom. The molecule has 0 saturated carbocycles. The molecule has 0 fully saturated rings. The summed E-state index contributed by atoms with van der Waals surface area (Å²) < 4.78 is 0. The van der Waals surface area contributed by atoms with Gasteiger partial charge in [0.2, 0.25) is 0 Å². The average molecular weight is 280 g/mol. The van der Waals surface area contributed by atoms with E-state index in [-0.39, 0.29) is 11.8 Å². The Morgan fingerprint density at radius 2 is 1.57 bits per heavy atom. The first-order valence-corrected chi connectivity index (χ1v) is 6.55. The van der Waals surface area contributed by atoms with Crippen molar-refractivity contribution >= 4 is 17.9 Å². The highest BCUT2D eigenvalue weighted by Crippen LogP contribution is 2.04. The summed E-state index contributed by atoms with van der Waals surface area (Å²) in [7, 11) is 0. The van der Waals surface area contributed by atoms with Crippen molar-refractivity contribution in [2.45, 2.75) is 6.92 Å². The highest BCUT2D eigenvalue weighted by molar-refractivity contribution is 5.97. The van der Waals surface area contributed by atoms with E-state index >= 15 is 0 Å². The van der Waals surface area contributed by atoms with Crippen LogP contribution in [0, 0.1) is 6.92 Å². The van der Waals surface area contributed by atoms with E-state index in [0.717, 1.165) is 11.1 Å². The van der Waals surface area contributed by atoms with E-state index in [2.05, 4.69) is 10.9 Å². The zero-order chi connectivity index (χ0) is 15.1. The van der Waals surface area contributed by atoms with Crippen LogP contribution in [0.5, 0.6) is 0 Å². The molecule has 21 heavy (non-hydrogen) atoms. The number of amides is 2. The number of hydrogen-bond acceptors (Lipinski definition) is 2. The predicted molar refractivity (Wildman–Crippen MR) is 82.3 cm³/mol. The van der Waals surface area contributed by atoms with Crippen LogP contribution < -0.4 is 10.9 Å². The summed E-state index contributed by atoms with van der Waals surface area (Å²) in [5.41, 5.74) is 7.26. The van der Waals surface area contributed by atoms with Crippen LogP contribution >= 0.6 is 0 Å². The Kier molecular flexibility index (Phi) is 4.88. The average Bonchev–Trinajstić information content (AvgIpc) is 2.53. The van der Waals surface area contributed by atoms with Crippen molar-refractivity contribution in [2.75, 3.05) is 0 Å². The van der Waals surface area contributed by atoms with Crippen LogP contribution in [0.25, 0.3) is 6.08 Å². The second-order valence-electron chi connectivity index (χ2n) is 4.55. The minimum Gasteiger partial charge on any atom is -0.268 e. The monoisotopic (exact) mass is 280 g/mol. The number of rotatable bonds is 3. The molecule has 0 saturated heterocycles. The lowest BCUT2D eigenvalue weighted by Gasteiger charge is -2.04. The number of carbonyl (C=O) groups excluding carboxylic acids is 2. The lowest BCUT2D eigenvalue weighted by molar-refractivity contribution is -0.117. The maximum Gasteiger partial charge on any atom is 0.269 e. The summed E-state index contributed by atoms with van der Waals surface area (Å²) in [6.45, 7) is 2.00. The molecule has 4 nitrogen and oxygen atoms in total. The zero-order valence-electron chi connectivity index (χ0n) is 11.7. The van der Waals surface area contributed by atoms with Crippen LogP contribution in [0.4, 0.5) is 0 Å². The fourth-order valence-corrected chi connectivity index (χ4v) is 1.67. The summed E-state index contributed by atoms with van der Waals surface area (Å²) in [4.78, 5) is 23.3. The second-order valence-corrected chi connectivity index (χ2v) is 4.55. The van der Waals surface area contributed by atoms with Crippen LogP contribution in [0.15, 0.2) is 60.7 Å². The van der Waals surface area contributed by atoms with Gasteiger partial charge >= 0.3 is 0 Å². The van der Waals surface area contributed by atoms with Gasteiger partial charge in [0.1, 0.15) is 0 Å². The molecule has 2 aromatic carbocycles. The largest absolute Gasteiger partial charge is 0.269 e. The first kappa shape index (κ1) is 14.5. The Labute approximate surface area is 123 Å². The van der Waals surface area contributed by atoms with E-state index in [1.54, 1.807) is 30.3 Å². The number of hydrazine groups is 1. The van der Waals surface area contributed by atoms with Crippen LogP contribution in [0.1, 0.15) is 21.5 Å². The molecule has 0 heterocycles. The van der Waals surface area contributed by atoms with Gasteiger partial charge in [0.05, 0.1) is 0 Å². The van der Waals surface area contributed by atoms with Crippen molar-refractivity contribution in [1.29, 1.82) is 0 Å². The Bertz CT molecular complexity index is 646. The van der Waals surface area contributed by atoms with E-state index in [0.29, 0.717) is 5.56 Å². The van der Waals surface area contributed by atoms with Crippen molar-refractivity contribution in [1.82, 2.24) is 10.9 Å². The summed E-state index contributed by atoms with van der Waals surface area (Å²) in [5, 5.41) is 0. The molecule has 0 aliphatic heterocycles. The number of carbonyl (C=O) groups is 2. The van der Waals surface area contributed by atoms with Crippen molar-refractivity contribution in [3.8, 4) is 0 Å². The summed E-state index contributed by atoms with van der Waals surface area (Å²) in [5.74, 6) is -0.743. The predicted octanol–water partition coefficient (Wildman–Crippen LogP) is 2.47. The molecule has 0 spiro atoms. The van der Waals surface area contributed by atoms with E-state index in [4.69, 9.17) is 0 Å². The van der Waals surface area contributed by atoms with Crippen molar-refractivity contribution in [2.24, 2.45) is 0 Å². The summed E-state index contributed by atoms with van der Waals surface area (Å²) in [6.07, 6.45) is 3.05. The molecule has 0 bridgehead atoms. The highest BCUT2D eigenvalue weighted by Gasteiger charge is 2.04. The van der Waals surface area contributed by atoms with Gasteiger partial charge in [-0.3, -0.25) is 20.4 Å². The zero-order valence-corrected chi connectivity index (χ0v) is 11.7. The molecule has 2 aromatic rings. The van der Waals surface area contributed by atoms with E-state index in [1.807, 2.05) is 37.3 Å². The number of benzene rings is 2. The molecular weight excluding hydrogens is 264 g/mol. The number of aryl methyl sites for hydroxylation is 1. The lowest BCUT2D eigenvalue weighted by atomic mass is 10.1. The highest BCUT2D eigenvalue weighted by atomic mass is 16.2. The van der Waals surface area contributed by atoms with Gasteiger partial charge in [-0.15, -0.1) is 0 Å². The molecule has 2 amide bonds. The minimum absolute atomic E-state index is 0.354. The lowest BCUT2D eigenvalue weighted by Crippen LogP contribution is -2.40. The van der Waals surface area contributed by atoms with Crippen LogP contribution in [0.3, 0.4) is 0 Å². The molecule has 4 heteroatoms. The third-order valence-corrected chi connectivity index (χ3v) is 2.84. The number of nitrogens with one attached hydrogen (secondary N) is 2. The van der Waals surface area contributed by atoms with Crippen molar-refractivity contribution in [3.63, 3.8) is 0 Å². The maximum absolute atomic E-state index is 11.7. The van der Waals surface area contributed by atoms with Crippen LogP contribution in [-0.2, 0) is 4.79 Å². The van der Waals surface area contributed by atoms with E-state index in [1.165, 1.54) is 6.08 Å². The topological polar surface area (TPSA) is 58.2 Å². The smallest absolute Gasteiger partial charge is 0.268 e. The normalized spacial score (nSPS) is 10.3. The Balaban J connectivity index is 1.85. The maximum atomic E-state index is 11.7. The quantitative estimate of drug-likeness (QED) is 0.670. The van der Waals surface area contributed by atoms with Gasteiger partial charge in [-0.2, -0.15) is 0 Å². The van der Waals surface area contributed by atoms with Gasteiger partial charge in [0, 0.05) is 11.6 Å². The van der Waals surface area contributed by atoms with Crippen LogP contribution in [0.2, 0.25) is 0 Å². The van der Waals surface area contributed by atoms with E-state index in [9.17, 15) is 9.59 Å². The third-order valence-electron chi connectivity index (χ3n) is 2.84. The van der Waals surface area contributed by atoms with Gasteiger partial charge in [-0.05, 0) is 30.7 Å². The van der Waals surface area contributed by atoms with Gasteiger partial charge in [-0.25, -0.2) is 0 Å². The van der Waals surface area contributed by atoms with Gasteiger partial charge in [-0.1, -0.05) is 48.0 Å². The van der Waals surface area contributed by atoms with Crippen molar-refractivity contribution in [3.05, 3.63) is 77.4 Å². The molecule has 0 aromatic heterocycles. The molecule has 0 radical (unpaired) electrons. The van der Waals surface area contributed by atoms with Gasteiger partial charge < -0.3 is 0 Å². The first-order chi connectivity index (χ1) is 10.1. The standard InChI is InChI=1S/C17H16N2O2/c1-13-7-9-14(10-8-13)11-12-16(20)18-19-17(21)15-5-3-2-4-6-15/h2-12H,1H3,(H,18,20)(H,19,21). The second kappa shape index (κ2) is 7.05. The van der Waals surface area contributed by atoms with E-state index < -0.39 is 0 Å². The van der Waals surface area contributed by atoms with Crippen molar-refractivity contribution < 1.29 is 9.59 Å². The molecule has 0 atom stereocenters. The molecule has 2 rings (SSSR count). The molecule has 106 valence electrons.